The van der Waals surface area contributed by atoms with Crippen molar-refractivity contribution in [3.8, 4) is 0 Å². The van der Waals surface area contributed by atoms with E-state index in [4.69, 9.17) is 0 Å². The molecular formula is C13H16FN3O3. The predicted octanol–water partition coefficient (Wildman–Crippen LogP) is 1.84. The van der Waals surface area contributed by atoms with Crippen LogP contribution >= 0.6 is 0 Å². The van der Waals surface area contributed by atoms with Crippen LogP contribution in [0.3, 0.4) is 0 Å². The quantitative estimate of drug-likeness (QED) is 0.675. The van der Waals surface area contributed by atoms with Gasteiger partial charge in [0.15, 0.2) is 0 Å². The number of hydrogen-bond donors (Lipinski definition) is 1. The number of nitro benzene ring substituents is 1. The third-order valence-corrected chi connectivity index (χ3v) is 3.32. The van der Waals surface area contributed by atoms with Gasteiger partial charge in [-0.1, -0.05) is 6.92 Å². The molecule has 0 saturated carbocycles. The monoisotopic (exact) mass is 281 g/mol. The van der Waals surface area contributed by atoms with E-state index in [2.05, 4.69) is 5.32 Å². The average molecular weight is 281 g/mol. The highest BCUT2D eigenvalue weighted by molar-refractivity contribution is 5.98. The zero-order valence-electron chi connectivity index (χ0n) is 11.1. The lowest BCUT2D eigenvalue weighted by molar-refractivity contribution is -0.384. The highest BCUT2D eigenvalue weighted by Gasteiger charge is 2.31. The Morgan fingerprint density at radius 2 is 2.30 bits per heavy atom. The fraction of sp³-hybridized carbons (Fsp3) is 0.462. The molecule has 0 aromatic heterocycles. The number of nitrogens with zero attached hydrogens (tertiary/aromatic N) is 2. The number of non-ortho nitro benzene ring substituents is 1. The summed E-state index contributed by atoms with van der Waals surface area (Å²) >= 11 is 0. The molecule has 1 aliphatic rings. The van der Waals surface area contributed by atoms with Crippen LogP contribution in [-0.4, -0.2) is 30.0 Å². The Bertz CT molecular complexity index is 534. The maximum absolute atomic E-state index is 13.9. The number of likely N-dealkylation sites (N-methyl/N-ethyl adjacent to an activating group) is 1. The van der Waals surface area contributed by atoms with Gasteiger partial charge in [0.2, 0.25) is 5.91 Å². The third-order valence-electron chi connectivity index (χ3n) is 3.32. The standard InChI is InChI=1S/C13H16FN3O3/c1-2-15-11-4-3-7-16(13(11)18)12-8-9(17(19)20)5-6-10(12)14/h5-6,8,11,15H,2-4,7H2,1H3. The molecule has 20 heavy (non-hydrogen) atoms. The van der Waals surface area contributed by atoms with Crippen LogP contribution in [-0.2, 0) is 4.79 Å². The van der Waals surface area contributed by atoms with Gasteiger partial charge in [-0.05, 0) is 25.5 Å². The van der Waals surface area contributed by atoms with Crippen LogP contribution < -0.4 is 10.2 Å². The molecule has 0 aliphatic carbocycles. The molecule has 2 rings (SSSR count). The number of nitrogens with one attached hydrogen (secondary N) is 1. The zero-order valence-corrected chi connectivity index (χ0v) is 11.1. The van der Waals surface area contributed by atoms with Crippen molar-refractivity contribution in [1.29, 1.82) is 0 Å². The Morgan fingerprint density at radius 1 is 1.55 bits per heavy atom. The number of amides is 1. The zero-order chi connectivity index (χ0) is 14.7. The molecule has 1 N–H and O–H groups in total. The predicted molar refractivity (Wildman–Crippen MR) is 72.1 cm³/mol. The minimum atomic E-state index is -0.624. The second kappa shape index (κ2) is 5.96. The van der Waals surface area contributed by atoms with Crippen molar-refractivity contribution in [3.63, 3.8) is 0 Å². The number of carbonyl (C=O) groups is 1. The van der Waals surface area contributed by atoms with Crippen LogP contribution in [0.15, 0.2) is 18.2 Å². The molecule has 1 unspecified atom stereocenters. The number of piperidine rings is 1. The van der Waals surface area contributed by atoms with Crippen LogP contribution in [0.1, 0.15) is 19.8 Å². The number of nitro groups is 1. The summed E-state index contributed by atoms with van der Waals surface area (Å²) in [6, 6.07) is 2.88. The number of hydrogen-bond acceptors (Lipinski definition) is 4. The highest BCUT2D eigenvalue weighted by atomic mass is 19.1. The van der Waals surface area contributed by atoms with Crippen molar-refractivity contribution in [1.82, 2.24) is 5.32 Å². The van der Waals surface area contributed by atoms with Gasteiger partial charge in [0.1, 0.15) is 5.82 Å². The van der Waals surface area contributed by atoms with Crippen molar-refractivity contribution in [3.05, 3.63) is 34.1 Å². The van der Waals surface area contributed by atoms with Gasteiger partial charge in [-0.15, -0.1) is 0 Å². The van der Waals surface area contributed by atoms with Gasteiger partial charge in [-0.25, -0.2) is 4.39 Å². The van der Waals surface area contributed by atoms with Gasteiger partial charge >= 0.3 is 0 Å². The second-order valence-electron chi connectivity index (χ2n) is 4.64. The van der Waals surface area contributed by atoms with Gasteiger partial charge in [0.25, 0.3) is 5.69 Å². The Balaban J connectivity index is 2.32. The van der Waals surface area contributed by atoms with Crippen LogP contribution in [0.4, 0.5) is 15.8 Å². The molecule has 0 bridgehead atoms. The van der Waals surface area contributed by atoms with Crippen molar-refractivity contribution in [2.75, 3.05) is 18.0 Å². The summed E-state index contributed by atoms with van der Waals surface area (Å²) in [6.45, 7) is 2.90. The first-order valence-corrected chi connectivity index (χ1v) is 6.53. The summed E-state index contributed by atoms with van der Waals surface area (Å²) in [5, 5.41) is 13.8. The summed E-state index contributed by atoms with van der Waals surface area (Å²) in [6.07, 6.45) is 1.42. The van der Waals surface area contributed by atoms with E-state index in [1.54, 1.807) is 0 Å². The lowest BCUT2D eigenvalue weighted by atomic mass is 10.0. The lowest BCUT2D eigenvalue weighted by Crippen LogP contribution is -2.51. The number of carbonyl (C=O) groups excluding carboxylic acids is 1. The number of rotatable bonds is 4. The van der Waals surface area contributed by atoms with Gasteiger partial charge in [0.05, 0.1) is 16.7 Å². The Labute approximate surface area is 115 Å². The van der Waals surface area contributed by atoms with Crippen molar-refractivity contribution >= 4 is 17.3 Å². The summed E-state index contributed by atoms with van der Waals surface area (Å²) in [4.78, 5) is 23.7. The maximum atomic E-state index is 13.9. The van der Waals surface area contributed by atoms with Gasteiger partial charge in [-0.2, -0.15) is 0 Å². The van der Waals surface area contributed by atoms with Crippen molar-refractivity contribution in [2.24, 2.45) is 0 Å². The van der Waals surface area contributed by atoms with Crippen molar-refractivity contribution in [2.45, 2.75) is 25.8 Å². The van der Waals surface area contributed by atoms with Gasteiger partial charge in [0, 0.05) is 18.7 Å². The summed E-state index contributed by atoms with van der Waals surface area (Å²) in [7, 11) is 0. The van der Waals surface area contributed by atoms with Crippen LogP contribution in [0.2, 0.25) is 0 Å². The fourth-order valence-corrected chi connectivity index (χ4v) is 2.37. The second-order valence-corrected chi connectivity index (χ2v) is 4.64. The van der Waals surface area contributed by atoms with Gasteiger partial charge < -0.3 is 10.2 Å². The van der Waals surface area contributed by atoms with E-state index in [-0.39, 0.29) is 23.3 Å². The first kappa shape index (κ1) is 14.4. The minimum Gasteiger partial charge on any atom is -0.308 e. The largest absolute Gasteiger partial charge is 0.308 e. The van der Waals surface area contributed by atoms with Crippen LogP contribution in [0.5, 0.6) is 0 Å². The van der Waals surface area contributed by atoms with E-state index in [1.807, 2.05) is 6.92 Å². The Hall–Kier alpha value is -2.02. The molecule has 1 atom stereocenters. The molecule has 1 saturated heterocycles. The Kier molecular flexibility index (Phi) is 4.29. The molecule has 1 amide bonds. The number of halogens is 1. The summed E-state index contributed by atoms with van der Waals surface area (Å²) < 4.78 is 13.9. The smallest absolute Gasteiger partial charge is 0.271 e. The van der Waals surface area contributed by atoms with E-state index < -0.39 is 10.7 Å². The number of anilines is 1. The van der Waals surface area contributed by atoms with E-state index in [1.165, 1.54) is 4.90 Å². The van der Waals surface area contributed by atoms with Crippen molar-refractivity contribution < 1.29 is 14.1 Å². The van der Waals surface area contributed by atoms with E-state index >= 15 is 0 Å². The number of benzene rings is 1. The lowest BCUT2D eigenvalue weighted by Gasteiger charge is -2.32. The molecule has 1 fully saturated rings. The maximum Gasteiger partial charge on any atom is 0.271 e. The molecule has 7 heteroatoms. The van der Waals surface area contributed by atoms with Crippen LogP contribution in [0.25, 0.3) is 0 Å². The molecule has 1 aliphatic heterocycles. The average Bonchev–Trinajstić information content (AvgIpc) is 2.42. The minimum absolute atomic E-state index is 0.0215. The molecule has 6 nitrogen and oxygen atoms in total. The third kappa shape index (κ3) is 2.77. The molecule has 1 heterocycles. The first-order chi connectivity index (χ1) is 9.54. The van der Waals surface area contributed by atoms with Gasteiger partial charge in [-0.3, -0.25) is 14.9 Å². The Morgan fingerprint density at radius 3 is 2.95 bits per heavy atom. The van der Waals surface area contributed by atoms with E-state index in [0.29, 0.717) is 19.5 Å². The topological polar surface area (TPSA) is 75.5 Å². The fourth-order valence-electron chi connectivity index (χ4n) is 2.37. The first-order valence-electron chi connectivity index (χ1n) is 6.53. The molecule has 108 valence electrons. The highest BCUT2D eigenvalue weighted by Crippen LogP contribution is 2.28. The van der Waals surface area contributed by atoms with E-state index in [9.17, 15) is 19.3 Å². The summed E-state index contributed by atoms with van der Waals surface area (Å²) in [5.74, 6) is -0.862. The SMILES string of the molecule is CCNC1CCCN(c2cc([N+](=O)[O-])ccc2F)C1=O. The molecule has 1 aromatic rings. The molecule has 1 aromatic carbocycles. The molecular weight excluding hydrogens is 265 g/mol. The molecule has 0 spiro atoms. The van der Waals surface area contributed by atoms with Crippen LogP contribution in [0, 0.1) is 15.9 Å². The normalized spacial score (nSPS) is 19.2. The van der Waals surface area contributed by atoms with E-state index in [0.717, 1.165) is 24.6 Å². The summed E-state index contributed by atoms with van der Waals surface area (Å²) in [5.41, 5.74) is -0.244. The molecule has 0 radical (unpaired) electrons.